The predicted molar refractivity (Wildman–Crippen MR) is 57.2 cm³/mol. The zero-order valence-electron chi connectivity index (χ0n) is 9.24. The molecule has 0 aromatic carbocycles. The summed E-state index contributed by atoms with van der Waals surface area (Å²) in [5.41, 5.74) is 11.0. The zero-order valence-corrected chi connectivity index (χ0v) is 9.24. The lowest BCUT2D eigenvalue weighted by Gasteiger charge is -2.12. The summed E-state index contributed by atoms with van der Waals surface area (Å²) >= 11 is 0. The van der Waals surface area contributed by atoms with E-state index >= 15 is 0 Å². The van der Waals surface area contributed by atoms with Gasteiger partial charge < -0.3 is 16.2 Å². The number of rotatable bonds is 4. The predicted octanol–water partition coefficient (Wildman–Crippen LogP) is 0.776. The lowest BCUT2D eigenvalue weighted by molar-refractivity contribution is -0.139. The van der Waals surface area contributed by atoms with Crippen molar-refractivity contribution in [1.82, 2.24) is 4.98 Å². The van der Waals surface area contributed by atoms with Crippen LogP contribution in [0.25, 0.3) is 0 Å². The summed E-state index contributed by atoms with van der Waals surface area (Å²) in [6, 6.07) is 0. The molecule has 1 rings (SSSR count). The van der Waals surface area contributed by atoms with Gasteiger partial charge in [0.2, 0.25) is 0 Å². The average molecular weight is 245 g/mol. The SMILES string of the molecule is COC(=O)Cc1cnc(C(F)F)c(N)c1CN. The molecule has 0 amide bonds. The van der Waals surface area contributed by atoms with Gasteiger partial charge in [-0.3, -0.25) is 9.78 Å². The molecule has 0 unspecified atom stereocenters. The first-order valence-corrected chi connectivity index (χ1v) is 4.82. The van der Waals surface area contributed by atoms with Gasteiger partial charge in [0.1, 0.15) is 5.69 Å². The third kappa shape index (κ3) is 2.88. The Kier molecular flexibility index (Phi) is 4.33. The van der Waals surface area contributed by atoms with Gasteiger partial charge in [-0.05, 0) is 11.1 Å². The molecule has 17 heavy (non-hydrogen) atoms. The van der Waals surface area contributed by atoms with E-state index in [1.165, 1.54) is 13.3 Å². The molecule has 94 valence electrons. The third-order valence-electron chi connectivity index (χ3n) is 2.32. The van der Waals surface area contributed by atoms with E-state index in [2.05, 4.69) is 9.72 Å². The van der Waals surface area contributed by atoms with E-state index in [9.17, 15) is 13.6 Å². The summed E-state index contributed by atoms with van der Waals surface area (Å²) in [5.74, 6) is -0.509. The van der Waals surface area contributed by atoms with Gasteiger partial charge in [0.05, 0.1) is 19.2 Å². The average Bonchev–Trinajstić information content (AvgIpc) is 2.28. The second kappa shape index (κ2) is 5.53. The van der Waals surface area contributed by atoms with Gasteiger partial charge in [-0.15, -0.1) is 0 Å². The zero-order chi connectivity index (χ0) is 13.0. The summed E-state index contributed by atoms with van der Waals surface area (Å²) in [6.07, 6.45) is -1.69. The van der Waals surface area contributed by atoms with E-state index in [-0.39, 0.29) is 18.7 Å². The normalized spacial score (nSPS) is 10.6. The monoisotopic (exact) mass is 245 g/mol. The summed E-state index contributed by atoms with van der Waals surface area (Å²) in [4.78, 5) is 14.6. The van der Waals surface area contributed by atoms with Crippen molar-refractivity contribution < 1.29 is 18.3 Å². The van der Waals surface area contributed by atoms with Crippen LogP contribution in [0.5, 0.6) is 0 Å². The van der Waals surface area contributed by atoms with Crippen LogP contribution in [0.2, 0.25) is 0 Å². The van der Waals surface area contributed by atoms with Crippen molar-refractivity contribution in [3.63, 3.8) is 0 Å². The number of halogens is 2. The van der Waals surface area contributed by atoms with Crippen LogP contribution in [0.3, 0.4) is 0 Å². The van der Waals surface area contributed by atoms with Crippen molar-refractivity contribution in [2.75, 3.05) is 12.8 Å². The molecule has 1 heterocycles. The number of hydrogen-bond donors (Lipinski definition) is 2. The van der Waals surface area contributed by atoms with E-state index in [0.717, 1.165) is 0 Å². The molecule has 0 aliphatic rings. The number of methoxy groups -OCH3 is 1. The minimum Gasteiger partial charge on any atom is -0.469 e. The van der Waals surface area contributed by atoms with Gasteiger partial charge in [0, 0.05) is 12.7 Å². The number of carbonyl (C=O) groups is 1. The minimum atomic E-state index is -2.77. The molecule has 0 aliphatic carbocycles. The molecule has 1 aromatic rings. The molecule has 4 N–H and O–H groups in total. The van der Waals surface area contributed by atoms with E-state index < -0.39 is 18.1 Å². The van der Waals surface area contributed by atoms with Crippen LogP contribution in [0.1, 0.15) is 23.2 Å². The first-order valence-electron chi connectivity index (χ1n) is 4.82. The third-order valence-corrected chi connectivity index (χ3v) is 2.32. The highest BCUT2D eigenvalue weighted by atomic mass is 19.3. The molecule has 0 saturated heterocycles. The number of pyridine rings is 1. The molecule has 0 radical (unpaired) electrons. The Hall–Kier alpha value is -1.76. The quantitative estimate of drug-likeness (QED) is 0.765. The van der Waals surface area contributed by atoms with Crippen LogP contribution in [-0.4, -0.2) is 18.1 Å². The molecule has 0 spiro atoms. The Bertz CT molecular complexity index is 424. The van der Waals surface area contributed by atoms with Crippen molar-refractivity contribution in [3.05, 3.63) is 23.0 Å². The Labute approximate surface area is 96.8 Å². The maximum Gasteiger partial charge on any atom is 0.310 e. The van der Waals surface area contributed by atoms with E-state index in [1.54, 1.807) is 0 Å². The van der Waals surface area contributed by atoms with E-state index in [1.807, 2.05) is 0 Å². The molecule has 0 atom stereocenters. The molecule has 0 bridgehead atoms. The maximum absolute atomic E-state index is 12.5. The topological polar surface area (TPSA) is 91.2 Å². The summed E-state index contributed by atoms with van der Waals surface area (Å²) < 4.78 is 29.5. The number of nitrogens with two attached hydrogens (primary N) is 2. The first kappa shape index (κ1) is 13.3. The van der Waals surface area contributed by atoms with Crippen molar-refractivity contribution in [1.29, 1.82) is 0 Å². The number of nitrogens with zero attached hydrogens (tertiary/aromatic N) is 1. The van der Waals surface area contributed by atoms with E-state index in [0.29, 0.717) is 11.1 Å². The highest BCUT2D eigenvalue weighted by molar-refractivity contribution is 5.74. The number of hydrogen-bond acceptors (Lipinski definition) is 5. The number of anilines is 1. The molecule has 5 nitrogen and oxygen atoms in total. The number of nitrogen functional groups attached to an aromatic ring is 1. The number of aromatic nitrogens is 1. The molecule has 0 fully saturated rings. The van der Waals surface area contributed by atoms with Gasteiger partial charge in [0.25, 0.3) is 6.43 Å². The minimum absolute atomic E-state index is 0.0413. The highest BCUT2D eigenvalue weighted by Gasteiger charge is 2.19. The summed E-state index contributed by atoms with van der Waals surface area (Å²) in [6.45, 7) is -0.0413. The van der Waals surface area contributed by atoms with Crippen LogP contribution in [0.4, 0.5) is 14.5 Å². The Morgan fingerprint density at radius 2 is 2.24 bits per heavy atom. The number of esters is 1. The van der Waals surface area contributed by atoms with Gasteiger partial charge in [-0.25, -0.2) is 8.78 Å². The Morgan fingerprint density at radius 3 is 2.71 bits per heavy atom. The smallest absolute Gasteiger partial charge is 0.310 e. The largest absolute Gasteiger partial charge is 0.469 e. The lowest BCUT2D eigenvalue weighted by Crippen LogP contribution is -2.14. The van der Waals surface area contributed by atoms with Crippen molar-refractivity contribution in [3.8, 4) is 0 Å². The second-order valence-corrected chi connectivity index (χ2v) is 3.32. The Balaban J connectivity index is 3.16. The van der Waals surface area contributed by atoms with Crippen LogP contribution in [0.15, 0.2) is 6.20 Å². The number of ether oxygens (including phenoxy) is 1. The molecule has 0 aliphatic heterocycles. The molecule has 0 saturated carbocycles. The fourth-order valence-corrected chi connectivity index (χ4v) is 1.42. The lowest BCUT2D eigenvalue weighted by atomic mass is 10.0. The maximum atomic E-state index is 12.5. The Morgan fingerprint density at radius 1 is 1.59 bits per heavy atom. The molecule has 7 heteroatoms. The van der Waals surface area contributed by atoms with Crippen molar-refractivity contribution in [2.24, 2.45) is 5.73 Å². The van der Waals surface area contributed by atoms with Crippen LogP contribution in [0, 0.1) is 0 Å². The van der Waals surface area contributed by atoms with Crippen LogP contribution >= 0.6 is 0 Å². The van der Waals surface area contributed by atoms with Crippen molar-refractivity contribution in [2.45, 2.75) is 19.4 Å². The van der Waals surface area contributed by atoms with Gasteiger partial charge in [0.15, 0.2) is 0 Å². The second-order valence-electron chi connectivity index (χ2n) is 3.32. The molecular weight excluding hydrogens is 232 g/mol. The highest BCUT2D eigenvalue weighted by Crippen LogP contribution is 2.27. The van der Waals surface area contributed by atoms with Crippen LogP contribution < -0.4 is 11.5 Å². The fourth-order valence-electron chi connectivity index (χ4n) is 1.42. The van der Waals surface area contributed by atoms with E-state index in [4.69, 9.17) is 11.5 Å². The molecular formula is C10H13F2N3O2. The standard InChI is InChI=1S/C10H13F2N3O2/c1-17-7(16)2-5-4-15-9(10(11)12)8(14)6(5)3-13/h4,10H,2-3,13-14H2,1H3. The number of carbonyl (C=O) groups excluding carboxylic acids is 1. The number of alkyl halides is 2. The summed E-state index contributed by atoms with van der Waals surface area (Å²) in [5, 5.41) is 0. The van der Waals surface area contributed by atoms with Gasteiger partial charge >= 0.3 is 5.97 Å². The molecule has 1 aromatic heterocycles. The summed E-state index contributed by atoms with van der Waals surface area (Å²) in [7, 11) is 1.23. The van der Waals surface area contributed by atoms with Gasteiger partial charge in [-0.2, -0.15) is 0 Å². The fraction of sp³-hybridized carbons (Fsp3) is 0.400. The van der Waals surface area contributed by atoms with Crippen LogP contribution in [-0.2, 0) is 22.5 Å². The first-order chi connectivity index (χ1) is 8.01. The van der Waals surface area contributed by atoms with Gasteiger partial charge in [-0.1, -0.05) is 0 Å². The van der Waals surface area contributed by atoms with Crippen molar-refractivity contribution >= 4 is 11.7 Å².